The zero-order valence-corrected chi connectivity index (χ0v) is 30.9. The monoisotopic (exact) mass is 744 g/mol. The molecule has 0 fully saturated rings. The van der Waals surface area contributed by atoms with Gasteiger partial charge in [-0.25, -0.2) is 18.7 Å². The minimum atomic E-state index is -0.424. The lowest BCUT2D eigenvalue weighted by molar-refractivity contribution is -0.117. The quantitative estimate of drug-likeness (QED) is 0.0720. The van der Waals surface area contributed by atoms with Crippen molar-refractivity contribution in [1.29, 1.82) is 0 Å². The van der Waals surface area contributed by atoms with Crippen LogP contribution in [-0.4, -0.2) is 64.3 Å². The summed E-state index contributed by atoms with van der Waals surface area (Å²) < 4.78 is 52.3. The number of carbonyl (C=O) groups excluding carboxylic acids is 2. The molecule has 1 amide bonds. The predicted octanol–water partition coefficient (Wildman–Crippen LogP) is 7.42. The van der Waals surface area contributed by atoms with E-state index in [-0.39, 0.29) is 18.2 Å². The van der Waals surface area contributed by atoms with Crippen LogP contribution >= 0.6 is 0 Å². The van der Waals surface area contributed by atoms with Crippen LogP contribution in [0, 0.1) is 11.6 Å². The first-order valence-corrected chi connectivity index (χ1v) is 17.7. The fourth-order valence-corrected chi connectivity index (χ4v) is 5.29. The van der Waals surface area contributed by atoms with Gasteiger partial charge in [0.1, 0.15) is 40.5 Å². The van der Waals surface area contributed by atoms with E-state index in [9.17, 15) is 18.4 Å². The fourth-order valence-electron chi connectivity index (χ4n) is 5.29. The van der Waals surface area contributed by atoms with Gasteiger partial charge in [0.05, 0.1) is 48.4 Å². The van der Waals surface area contributed by atoms with E-state index in [1.165, 1.54) is 24.3 Å². The minimum Gasteiger partial charge on any atom is -0.457 e. The van der Waals surface area contributed by atoms with E-state index in [1.807, 2.05) is 56.5 Å². The van der Waals surface area contributed by atoms with Crippen LogP contribution in [0.15, 0.2) is 84.9 Å². The number of nitrogens with two attached hydrogens (primary N) is 1. The summed E-state index contributed by atoms with van der Waals surface area (Å²) >= 11 is 0. The molecule has 0 bridgehead atoms. The lowest BCUT2D eigenvalue weighted by atomic mass is 10.3. The number of hydrogen-bond donors (Lipinski definition) is 2. The second kappa shape index (κ2) is 21.1. The van der Waals surface area contributed by atoms with Crippen LogP contribution in [0.2, 0.25) is 0 Å². The number of carbonyl (C=O) groups is 2. The lowest BCUT2D eigenvalue weighted by Gasteiger charge is -2.11. The SMILES string of the molecule is CC.CCOCCn1c(C=O)nc2ccc(Oc3ccc(F)cc3)cc21.CCOCCn1c(CNCC(N)=O)nc2ccc(Oc3ccc(F)cc3)cc21. The third-order valence-corrected chi connectivity index (χ3v) is 7.66. The molecule has 286 valence electrons. The summed E-state index contributed by atoms with van der Waals surface area (Å²) in [7, 11) is 0. The number of aromatic nitrogens is 4. The van der Waals surface area contributed by atoms with Crippen LogP contribution < -0.4 is 20.5 Å². The van der Waals surface area contributed by atoms with Gasteiger partial charge in [0.15, 0.2) is 12.1 Å². The first-order valence-electron chi connectivity index (χ1n) is 17.7. The van der Waals surface area contributed by atoms with E-state index >= 15 is 0 Å². The third kappa shape index (κ3) is 11.7. The number of nitrogens with zero attached hydrogens (tertiary/aromatic N) is 4. The molecular weight excluding hydrogens is 698 g/mol. The highest BCUT2D eigenvalue weighted by Gasteiger charge is 2.14. The van der Waals surface area contributed by atoms with Gasteiger partial charge in [0, 0.05) is 38.4 Å². The van der Waals surface area contributed by atoms with Crippen molar-refractivity contribution in [2.45, 2.75) is 47.3 Å². The topological polar surface area (TPSA) is 145 Å². The molecule has 2 aromatic heterocycles. The maximum atomic E-state index is 13.1. The van der Waals surface area contributed by atoms with Crippen molar-refractivity contribution < 1.29 is 37.3 Å². The van der Waals surface area contributed by atoms with E-state index in [0.29, 0.717) is 80.4 Å². The Hall–Kier alpha value is -5.70. The molecule has 0 spiro atoms. The Bertz CT molecular complexity index is 2080. The van der Waals surface area contributed by atoms with Crippen LogP contribution in [0.3, 0.4) is 0 Å². The second-order valence-corrected chi connectivity index (χ2v) is 11.3. The number of amides is 1. The van der Waals surface area contributed by atoms with Crippen LogP contribution in [0.5, 0.6) is 23.0 Å². The summed E-state index contributed by atoms with van der Waals surface area (Å²) in [4.78, 5) is 31.2. The first-order chi connectivity index (χ1) is 26.3. The molecule has 54 heavy (non-hydrogen) atoms. The first kappa shape index (κ1) is 41.1. The van der Waals surface area contributed by atoms with Gasteiger partial charge >= 0.3 is 0 Å². The maximum Gasteiger partial charge on any atom is 0.231 e. The van der Waals surface area contributed by atoms with Crippen molar-refractivity contribution in [1.82, 2.24) is 24.4 Å². The Morgan fingerprint density at radius 2 is 1.19 bits per heavy atom. The Morgan fingerprint density at radius 1 is 0.722 bits per heavy atom. The minimum absolute atomic E-state index is 0.0770. The summed E-state index contributed by atoms with van der Waals surface area (Å²) in [5.74, 6) is 2.35. The molecule has 0 saturated heterocycles. The number of halogens is 2. The van der Waals surface area contributed by atoms with Crippen molar-refractivity contribution >= 4 is 34.3 Å². The molecule has 6 aromatic rings. The maximum absolute atomic E-state index is 13.1. The number of nitrogens with one attached hydrogen (secondary N) is 1. The Morgan fingerprint density at radius 3 is 1.67 bits per heavy atom. The fraction of sp³-hybridized carbons (Fsp3) is 0.300. The number of primary amides is 1. The molecule has 0 radical (unpaired) electrons. The molecule has 2 heterocycles. The summed E-state index contributed by atoms with van der Waals surface area (Å²) in [6.07, 6.45) is 0.729. The van der Waals surface area contributed by atoms with Crippen LogP contribution in [0.4, 0.5) is 8.78 Å². The van der Waals surface area contributed by atoms with Crippen LogP contribution in [-0.2, 0) is 33.9 Å². The zero-order chi connectivity index (χ0) is 38.9. The molecule has 3 N–H and O–H groups in total. The Balaban J connectivity index is 0.000000233. The van der Waals surface area contributed by atoms with Gasteiger partial charge in [-0.05, 0) is 86.6 Å². The molecule has 0 atom stereocenters. The van der Waals surface area contributed by atoms with E-state index in [1.54, 1.807) is 41.0 Å². The molecule has 0 aliphatic heterocycles. The number of benzene rings is 4. The van der Waals surface area contributed by atoms with Crippen molar-refractivity contribution in [3.05, 3.63) is 108 Å². The van der Waals surface area contributed by atoms with Gasteiger partial charge < -0.3 is 39.1 Å². The molecule has 0 unspecified atom stereocenters. The van der Waals surface area contributed by atoms with Crippen LogP contribution in [0.25, 0.3) is 22.1 Å². The third-order valence-electron chi connectivity index (χ3n) is 7.66. The van der Waals surface area contributed by atoms with Gasteiger partial charge in [-0.1, -0.05) is 13.8 Å². The summed E-state index contributed by atoms with van der Waals surface area (Å²) in [6.45, 7) is 11.7. The van der Waals surface area contributed by atoms with Gasteiger partial charge in [0.25, 0.3) is 0 Å². The van der Waals surface area contributed by atoms with Crippen molar-refractivity contribution in [3.8, 4) is 23.0 Å². The van der Waals surface area contributed by atoms with Crippen molar-refractivity contribution in [2.75, 3.05) is 33.0 Å². The average molecular weight is 745 g/mol. The number of hydrogen-bond acceptors (Lipinski definition) is 9. The summed E-state index contributed by atoms with van der Waals surface area (Å²) in [5.41, 5.74) is 8.37. The van der Waals surface area contributed by atoms with Crippen molar-refractivity contribution in [2.24, 2.45) is 5.73 Å². The smallest absolute Gasteiger partial charge is 0.231 e. The predicted molar refractivity (Wildman–Crippen MR) is 203 cm³/mol. The van der Waals surface area contributed by atoms with Gasteiger partial charge in [-0.15, -0.1) is 0 Å². The number of rotatable bonds is 17. The molecule has 12 nitrogen and oxygen atoms in total. The molecule has 0 aliphatic carbocycles. The van der Waals surface area contributed by atoms with E-state index < -0.39 is 5.91 Å². The zero-order valence-electron chi connectivity index (χ0n) is 30.9. The van der Waals surface area contributed by atoms with Gasteiger partial charge in [0.2, 0.25) is 5.91 Å². The Labute approximate surface area is 312 Å². The highest BCUT2D eigenvalue weighted by atomic mass is 19.1. The normalized spacial score (nSPS) is 10.7. The summed E-state index contributed by atoms with van der Waals surface area (Å²) in [6, 6.07) is 22.6. The number of fused-ring (bicyclic) bond motifs is 2. The average Bonchev–Trinajstić information content (AvgIpc) is 3.71. The van der Waals surface area contributed by atoms with Gasteiger partial charge in [-0.2, -0.15) is 0 Å². The number of aldehydes is 1. The molecule has 0 aliphatic rings. The number of ether oxygens (including phenoxy) is 4. The van der Waals surface area contributed by atoms with E-state index in [4.69, 9.17) is 24.7 Å². The molecular formula is C40H46F2N6O6. The molecule has 6 rings (SSSR count). The molecule has 0 saturated carbocycles. The number of imidazole rings is 2. The lowest BCUT2D eigenvalue weighted by Crippen LogP contribution is -2.29. The van der Waals surface area contributed by atoms with E-state index in [0.717, 1.165) is 28.7 Å². The molecule has 14 heteroatoms. The Kier molecular flexibility index (Phi) is 16.1. The molecule has 4 aromatic carbocycles. The largest absolute Gasteiger partial charge is 0.457 e. The van der Waals surface area contributed by atoms with Crippen LogP contribution in [0.1, 0.15) is 44.1 Å². The highest BCUT2D eigenvalue weighted by Crippen LogP contribution is 2.28. The van der Waals surface area contributed by atoms with E-state index in [2.05, 4.69) is 15.3 Å². The van der Waals surface area contributed by atoms with Gasteiger partial charge in [-0.3, -0.25) is 9.59 Å². The summed E-state index contributed by atoms with van der Waals surface area (Å²) in [5, 5.41) is 2.99. The highest BCUT2D eigenvalue weighted by molar-refractivity contribution is 5.84. The second-order valence-electron chi connectivity index (χ2n) is 11.3. The van der Waals surface area contributed by atoms with Crippen molar-refractivity contribution in [3.63, 3.8) is 0 Å². The standard InChI is InChI=1S/C20H23FN4O3.C18H17FN2O3.C2H6/c1-2-27-10-9-25-18-11-16(28-15-5-3-14(21)4-6-15)7-8-17(18)24-20(25)13-23-12-19(22)26;1-2-23-10-9-21-17-11-15(7-8-16(17)20-18(21)12-22)24-14-5-3-13(19)4-6-14;1-2/h3-8,11,23H,2,9-10,12-13H2,1H3,(H2,22,26);3-8,11-12H,2,9-10H2,1H3;1-2H3.